The van der Waals surface area contributed by atoms with E-state index in [2.05, 4.69) is 27.2 Å². The molecule has 3 saturated heterocycles. The van der Waals surface area contributed by atoms with E-state index >= 15 is 0 Å². The summed E-state index contributed by atoms with van der Waals surface area (Å²) in [6.45, 7) is 6.42. The number of alkyl halides is 6. The molecule has 1 aliphatic carbocycles. The average molecular weight is 1190 g/mol. The van der Waals surface area contributed by atoms with Gasteiger partial charge in [-0.1, -0.05) is 60.6 Å². The molecular weight excluding hydrogens is 1120 g/mol. The zero-order valence-corrected chi connectivity index (χ0v) is 48.8. The van der Waals surface area contributed by atoms with Crippen molar-refractivity contribution in [1.29, 1.82) is 0 Å². The van der Waals surface area contributed by atoms with Gasteiger partial charge < -0.3 is 44.2 Å². The molecule has 1 spiro atoms. The lowest BCUT2D eigenvalue weighted by Crippen LogP contribution is -2.50. The normalized spacial score (nSPS) is 19.2. The van der Waals surface area contributed by atoms with Crippen molar-refractivity contribution in [2.45, 2.75) is 107 Å². The molecule has 0 radical (unpaired) electrons. The number of hydrogen-bond donors (Lipinski definition) is 1. The third-order valence-electron chi connectivity index (χ3n) is 17.4. The van der Waals surface area contributed by atoms with E-state index in [1.807, 2.05) is 36.2 Å². The van der Waals surface area contributed by atoms with Gasteiger partial charge in [-0.2, -0.15) is 26.3 Å². The molecule has 0 saturated carbocycles. The van der Waals surface area contributed by atoms with Crippen LogP contribution in [0.25, 0.3) is 10.2 Å². The van der Waals surface area contributed by atoms with Gasteiger partial charge in [0.15, 0.2) is 5.13 Å². The Morgan fingerprint density at radius 3 is 2.13 bits per heavy atom. The first-order chi connectivity index (χ1) is 40.1. The number of hydrogen-bond acceptors (Lipinski definition) is 11. The number of anilines is 1. The lowest BCUT2D eigenvalue weighted by Gasteiger charge is -2.44. The first-order valence-corrected chi connectivity index (χ1v) is 29.9. The van der Waals surface area contributed by atoms with Crippen molar-refractivity contribution in [1.82, 2.24) is 34.4 Å². The van der Waals surface area contributed by atoms with Gasteiger partial charge in [0.25, 0.3) is 11.8 Å². The smallest absolute Gasteiger partial charge is 0.367 e. The number of likely N-dealkylation sites (tertiary alicyclic amines) is 2. The number of benzene rings is 4. The molecule has 4 aromatic carbocycles. The van der Waals surface area contributed by atoms with Crippen molar-refractivity contribution in [2.24, 2.45) is 0 Å². The fraction of sp³-hybridized carbons (Fsp3) is 0.532. The highest BCUT2D eigenvalue weighted by molar-refractivity contribution is 7.22. The van der Waals surface area contributed by atoms with Crippen LogP contribution in [0.3, 0.4) is 0 Å². The highest BCUT2D eigenvalue weighted by Gasteiger charge is 2.50. The summed E-state index contributed by atoms with van der Waals surface area (Å²) < 4.78 is 110. The Hall–Kier alpha value is -6.20. The fourth-order valence-corrected chi connectivity index (χ4v) is 13.2. The number of fused-ring (bicyclic) bond motifs is 3. The van der Waals surface area contributed by atoms with Gasteiger partial charge in [-0.25, -0.2) is 9.37 Å². The van der Waals surface area contributed by atoms with Crippen LogP contribution in [0.2, 0.25) is 0 Å². The average Bonchev–Trinajstić information content (AvgIpc) is 2.54. The molecule has 0 unspecified atom stereocenters. The van der Waals surface area contributed by atoms with Crippen LogP contribution in [-0.4, -0.2) is 171 Å². The fourth-order valence-electron chi connectivity index (χ4n) is 12.3. The number of rotatable bonds is 23. The van der Waals surface area contributed by atoms with Crippen LogP contribution >= 0.6 is 11.3 Å². The second-order valence-corrected chi connectivity index (χ2v) is 24.1. The SMILES string of the molecule is CN(CCN1CCCCC1)C(=O)CCCCCNc1nc2ccc(C(=O)N(C)CCCN(C)C(=O)CO[C@H]3Cc4ccccc4C34CCN(CC[C@@]3(c5ccc(F)cc5)CN(C(=O)c5cc(C(F)(F)F)cc(C(F)(F)F)c5)CO3)CC4)cc2s1. The van der Waals surface area contributed by atoms with Crippen LogP contribution in [-0.2, 0) is 48.9 Å². The molecule has 14 nitrogen and oxygen atoms in total. The van der Waals surface area contributed by atoms with Crippen LogP contribution < -0.4 is 5.32 Å². The number of carbonyl (C=O) groups excluding carboxylic acids is 4. The van der Waals surface area contributed by atoms with Gasteiger partial charge in [0.1, 0.15) is 24.8 Å². The van der Waals surface area contributed by atoms with Crippen LogP contribution in [0, 0.1) is 5.82 Å². The van der Waals surface area contributed by atoms with E-state index in [0.717, 1.165) is 77.8 Å². The highest BCUT2D eigenvalue weighted by atomic mass is 32.1. The zero-order chi connectivity index (χ0) is 59.8. The number of nitrogens with zero attached hydrogens (tertiary/aromatic N) is 7. The van der Waals surface area contributed by atoms with Gasteiger partial charge in [0.2, 0.25) is 11.8 Å². The lowest BCUT2D eigenvalue weighted by molar-refractivity contribution is -0.143. The van der Waals surface area contributed by atoms with Crippen LogP contribution in [0.15, 0.2) is 84.9 Å². The van der Waals surface area contributed by atoms with Crippen molar-refractivity contribution < 1.29 is 59.4 Å². The number of piperidine rings is 2. The Bertz CT molecular complexity index is 3060. The van der Waals surface area contributed by atoms with Crippen molar-refractivity contribution in [3.63, 3.8) is 0 Å². The Balaban J connectivity index is 0.724. The summed E-state index contributed by atoms with van der Waals surface area (Å²) in [7, 11) is 5.37. The standard InChI is InChI=1S/C62H75F7N8O6S/c1-72(26-12-27-74(3)56(80)44-16-21-51-52(37-44)84-58(71-51)70-25-9-4-6-15-54(78)73(2)33-34-75-28-10-5-11-29-75)55(79)40-82-53-38-43-13-7-8-14-50(43)59(53)22-30-76(31-23-59)32-24-60(46-17-19-49(63)20-18-46)41-77(42-83-60)57(81)45-35-47(61(64,65)66)39-48(36-45)62(67,68)69/h7-8,13-14,16-21,35-37,39,53H,4-6,9-12,15,22-34,38,40-42H2,1-3H3,(H,70,71)/t53-,60-/m0/s1. The minimum atomic E-state index is -5.14. The van der Waals surface area contributed by atoms with E-state index in [0.29, 0.717) is 88.1 Å². The molecule has 2 atom stereocenters. The number of halogens is 7. The van der Waals surface area contributed by atoms with E-state index in [1.165, 1.54) is 60.4 Å². The minimum Gasteiger partial charge on any atom is -0.367 e. The second-order valence-electron chi connectivity index (χ2n) is 23.0. The summed E-state index contributed by atoms with van der Waals surface area (Å²) in [4.78, 5) is 69.2. The molecule has 22 heteroatoms. The number of amides is 4. The van der Waals surface area contributed by atoms with Gasteiger partial charge >= 0.3 is 12.4 Å². The molecule has 3 aliphatic heterocycles. The van der Waals surface area contributed by atoms with Crippen molar-refractivity contribution in [3.05, 3.63) is 130 Å². The number of likely N-dealkylation sites (N-methyl/N-ethyl adjacent to an activating group) is 2. The molecular formula is C62H75F7N8O6S. The van der Waals surface area contributed by atoms with Crippen molar-refractivity contribution in [2.75, 3.05) is 112 Å². The van der Waals surface area contributed by atoms with Crippen LogP contribution in [0.4, 0.5) is 35.9 Å². The molecule has 454 valence electrons. The number of unbranched alkanes of at least 4 members (excludes halogenated alkanes) is 2. The maximum Gasteiger partial charge on any atom is 0.416 e. The number of ether oxygens (including phenoxy) is 2. The minimum absolute atomic E-state index is 0.0259. The van der Waals surface area contributed by atoms with E-state index in [1.54, 1.807) is 30.0 Å². The Kier molecular flexibility index (Phi) is 20.0. The summed E-state index contributed by atoms with van der Waals surface area (Å²) in [5, 5.41) is 4.19. The second kappa shape index (κ2) is 27.0. The molecule has 9 rings (SSSR count). The summed E-state index contributed by atoms with van der Waals surface area (Å²) >= 11 is 1.50. The predicted octanol–water partition coefficient (Wildman–Crippen LogP) is 10.7. The topological polar surface area (TPSA) is 131 Å². The molecule has 4 heterocycles. The summed E-state index contributed by atoms with van der Waals surface area (Å²) in [6.07, 6.45) is -0.760. The van der Waals surface area contributed by atoms with Gasteiger partial charge in [0.05, 0.1) is 34.0 Å². The Morgan fingerprint density at radius 1 is 0.738 bits per heavy atom. The molecule has 84 heavy (non-hydrogen) atoms. The molecule has 1 aromatic heterocycles. The Labute approximate surface area is 490 Å². The monoisotopic (exact) mass is 1190 g/mol. The summed E-state index contributed by atoms with van der Waals surface area (Å²) in [6, 6.07) is 19.9. The first-order valence-electron chi connectivity index (χ1n) is 29.1. The summed E-state index contributed by atoms with van der Waals surface area (Å²) in [5.41, 5.74) is -1.48. The summed E-state index contributed by atoms with van der Waals surface area (Å²) in [5.74, 6) is -1.72. The Morgan fingerprint density at radius 2 is 1.42 bits per heavy atom. The van der Waals surface area contributed by atoms with Crippen molar-refractivity contribution >= 4 is 50.3 Å². The number of nitrogens with one attached hydrogen (secondary N) is 1. The maximum atomic E-state index is 14.2. The first kappa shape index (κ1) is 62.3. The number of aromatic nitrogens is 1. The quantitative estimate of drug-likeness (QED) is 0.0498. The third kappa shape index (κ3) is 15.1. The van der Waals surface area contributed by atoms with Crippen LogP contribution in [0.5, 0.6) is 0 Å². The van der Waals surface area contributed by atoms with E-state index in [9.17, 15) is 49.9 Å². The molecule has 4 amide bonds. The number of carbonyl (C=O) groups is 4. The number of thiazole rings is 1. The zero-order valence-electron chi connectivity index (χ0n) is 48.0. The van der Waals surface area contributed by atoms with E-state index < -0.39 is 58.5 Å². The van der Waals surface area contributed by atoms with Crippen LogP contribution in [0.1, 0.15) is 119 Å². The molecule has 5 aromatic rings. The van der Waals surface area contributed by atoms with Crippen molar-refractivity contribution in [3.8, 4) is 0 Å². The van der Waals surface area contributed by atoms with Gasteiger partial charge in [-0.3, -0.25) is 19.2 Å². The lowest BCUT2D eigenvalue weighted by atomic mass is 9.72. The highest BCUT2D eigenvalue weighted by Crippen LogP contribution is 2.48. The van der Waals surface area contributed by atoms with E-state index in [4.69, 9.17) is 14.5 Å². The predicted molar refractivity (Wildman–Crippen MR) is 307 cm³/mol. The van der Waals surface area contributed by atoms with E-state index in [-0.39, 0.29) is 49.5 Å². The third-order valence-corrected chi connectivity index (χ3v) is 18.3. The van der Waals surface area contributed by atoms with Gasteiger partial charge in [0, 0.05) is 83.4 Å². The molecule has 4 aliphatic rings. The maximum absolute atomic E-state index is 14.2. The largest absolute Gasteiger partial charge is 0.416 e. The van der Waals surface area contributed by atoms with Gasteiger partial charge in [-0.15, -0.1) is 0 Å². The van der Waals surface area contributed by atoms with Gasteiger partial charge in [-0.05, 0) is 149 Å². The molecule has 3 fully saturated rings. The molecule has 1 N–H and O–H groups in total. The molecule has 0 bridgehead atoms.